The Morgan fingerprint density at radius 1 is 1.38 bits per heavy atom. The van der Waals surface area contributed by atoms with Gasteiger partial charge in [-0.05, 0) is 37.8 Å². The van der Waals surface area contributed by atoms with Crippen LogP contribution in [-0.4, -0.2) is 32.8 Å². The first-order chi connectivity index (χ1) is 10.2. The molecule has 4 nitrogen and oxygen atoms in total. The van der Waals surface area contributed by atoms with Crippen molar-refractivity contribution in [3.63, 3.8) is 0 Å². The molecule has 2 aromatic rings. The van der Waals surface area contributed by atoms with E-state index in [4.69, 9.17) is 11.6 Å². The Labute approximate surface area is 129 Å². The fourth-order valence-corrected chi connectivity index (χ4v) is 3.28. The number of fused-ring (bicyclic) bond motifs is 1. The molecule has 1 atom stereocenters. The molecule has 0 radical (unpaired) electrons. The van der Waals surface area contributed by atoms with E-state index in [1.165, 1.54) is 6.42 Å². The van der Waals surface area contributed by atoms with E-state index in [2.05, 4.69) is 11.9 Å². The minimum absolute atomic E-state index is 0.191. The Balaban J connectivity index is 1.76. The molecule has 2 aromatic heterocycles. The first-order valence-corrected chi connectivity index (χ1v) is 7.98. The van der Waals surface area contributed by atoms with Crippen LogP contribution >= 0.6 is 11.6 Å². The second kappa shape index (κ2) is 6.06. The molecule has 0 aliphatic carbocycles. The quantitative estimate of drug-likeness (QED) is 0.872. The summed E-state index contributed by atoms with van der Waals surface area (Å²) < 4.78 is 1.87. The normalized spacial score (nSPS) is 19.1. The van der Waals surface area contributed by atoms with Gasteiger partial charge in [-0.3, -0.25) is 4.79 Å². The van der Waals surface area contributed by atoms with Crippen LogP contribution in [0.4, 0.5) is 0 Å². The van der Waals surface area contributed by atoms with Gasteiger partial charge in [0.2, 0.25) is 5.91 Å². The number of carbonyl (C=O) groups is 1. The number of hydrogen-bond acceptors (Lipinski definition) is 2. The maximum absolute atomic E-state index is 12.5. The number of nitrogens with zero attached hydrogens (tertiary/aromatic N) is 3. The number of carbonyl (C=O) groups excluding carboxylic acids is 1. The highest BCUT2D eigenvalue weighted by Gasteiger charge is 2.25. The molecule has 0 N–H and O–H groups in total. The average Bonchev–Trinajstić information content (AvgIpc) is 2.88. The fraction of sp³-hybridized carbons (Fsp3) is 0.500. The van der Waals surface area contributed by atoms with Gasteiger partial charge in [0.1, 0.15) is 5.65 Å². The summed E-state index contributed by atoms with van der Waals surface area (Å²) in [7, 11) is 0. The number of halogens is 1. The van der Waals surface area contributed by atoms with Crippen LogP contribution in [0.3, 0.4) is 0 Å². The lowest BCUT2D eigenvalue weighted by molar-refractivity contribution is -0.134. The third kappa shape index (κ3) is 3.05. The second-order valence-electron chi connectivity index (χ2n) is 5.67. The Bertz CT molecular complexity index is 652. The minimum atomic E-state index is 0.191. The molecule has 112 valence electrons. The van der Waals surface area contributed by atoms with Crippen LogP contribution in [-0.2, 0) is 11.2 Å². The largest absolute Gasteiger partial charge is 0.339 e. The van der Waals surface area contributed by atoms with Gasteiger partial charge in [-0.2, -0.15) is 0 Å². The highest BCUT2D eigenvalue weighted by molar-refractivity contribution is 6.30. The highest BCUT2D eigenvalue weighted by atomic mass is 35.5. The maximum atomic E-state index is 12.5. The van der Waals surface area contributed by atoms with Gasteiger partial charge in [-0.15, -0.1) is 0 Å². The van der Waals surface area contributed by atoms with Crippen molar-refractivity contribution in [3.8, 4) is 0 Å². The molecule has 21 heavy (non-hydrogen) atoms. The van der Waals surface area contributed by atoms with Crippen molar-refractivity contribution in [1.29, 1.82) is 0 Å². The smallest absolute Gasteiger partial charge is 0.228 e. The Morgan fingerprint density at radius 3 is 3.05 bits per heavy atom. The number of aromatic nitrogens is 2. The summed E-state index contributed by atoms with van der Waals surface area (Å²) in [6.45, 7) is 3.04. The molecule has 1 aliphatic heterocycles. The van der Waals surface area contributed by atoms with Gasteiger partial charge in [-0.25, -0.2) is 4.98 Å². The average molecular weight is 306 g/mol. The first-order valence-electron chi connectivity index (χ1n) is 7.60. The van der Waals surface area contributed by atoms with E-state index in [-0.39, 0.29) is 5.91 Å². The molecule has 5 heteroatoms. The van der Waals surface area contributed by atoms with E-state index in [0.717, 1.165) is 37.1 Å². The van der Waals surface area contributed by atoms with Crippen molar-refractivity contribution in [1.82, 2.24) is 14.3 Å². The fourth-order valence-electron chi connectivity index (χ4n) is 3.11. The minimum Gasteiger partial charge on any atom is -0.339 e. The number of likely N-dealkylation sites (tertiary alicyclic amines) is 1. The van der Waals surface area contributed by atoms with Crippen LogP contribution in [0.5, 0.6) is 0 Å². The molecular weight excluding hydrogens is 286 g/mol. The monoisotopic (exact) mass is 305 g/mol. The van der Waals surface area contributed by atoms with Crippen molar-refractivity contribution in [2.45, 2.75) is 45.1 Å². The third-order valence-electron chi connectivity index (χ3n) is 4.22. The van der Waals surface area contributed by atoms with Crippen molar-refractivity contribution < 1.29 is 4.79 Å². The van der Waals surface area contributed by atoms with E-state index in [0.29, 0.717) is 17.5 Å². The van der Waals surface area contributed by atoms with Crippen LogP contribution in [0.2, 0.25) is 5.02 Å². The summed E-state index contributed by atoms with van der Waals surface area (Å²) in [6.07, 6.45) is 8.58. The van der Waals surface area contributed by atoms with E-state index >= 15 is 0 Å². The topological polar surface area (TPSA) is 37.6 Å². The number of piperidine rings is 1. The SMILES string of the molecule is CCC1CCCCN1C(=O)Cc1cn2cc(Cl)ccc2n1. The maximum Gasteiger partial charge on any atom is 0.228 e. The van der Waals surface area contributed by atoms with Crippen molar-refractivity contribution >= 4 is 23.2 Å². The van der Waals surface area contributed by atoms with E-state index in [9.17, 15) is 4.79 Å². The van der Waals surface area contributed by atoms with Gasteiger partial charge in [0, 0.05) is 25.0 Å². The second-order valence-corrected chi connectivity index (χ2v) is 6.10. The van der Waals surface area contributed by atoms with Gasteiger partial charge in [0.15, 0.2) is 0 Å². The number of pyridine rings is 1. The number of hydrogen-bond donors (Lipinski definition) is 0. The Morgan fingerprint density at radius 2 is 2.24 bits per heavy atom. The van der Waals surface area contributed by atoms with Crippen molar-refractivity contribution in [3.05, 3.63) is 35.2 Å². The van der Waals surface area contributed by atoms with Crippen molar-refractivity contribution in [2.24, 2.45) is 0 Å². The van der Waals surface area contributed by atoms with Crippen LogP contribution in [0, 0.1) is 0 Å². The summed E-state index contributed by atoms with van der Waals surface area (Å²) in [5, 5.41) is 0.667. The Kier molecular flexibility index (Phi) is 4.15. The lowest BCUT2D eigenvalue weighted by Crippen LogP contribution is -2.44. The van der Waals surface area contributed by atoms with Gasteiger partial charge < -0.3 is 9.30 Å². The van der Waals surface area contributed by atoms with Gasteiger partial charge in [-0.1, -0.05) is 18.5 Å². The molecule has 0 spiro atoms. The summed E-state index contributed by atoms with van der Waals surface area (Å²) in [6, 6.07) is 4.08. The number of imidazole rings is 1. The molecule has 1 fully saturated rings. The van der Waals surface area contributed by atoms with Gasteiger partial charge >= 0.3 is 0 Å². The first kappa shape index (κ1) is 14.4. The molecule has 3 rings (SSSR count). The number of amides is 1. The summed E-state index contributed by atoms with van der Waals surface area (Å²) in [4.78, 5) is 19.1. The standard InChI is InChI=1S/C16H20ClN3O/c1-2-14-5-3-4-8-20(14)16(21)9-13-11-19-10-12(17)6-7-15(19)18-13/h6-7,10-11,14H,2-5,8-9H2,1H3. The lowest BCUT2D eigenvalue weighted by atomic mass is 9.99. The third-order valence-corrected chi connectivity index (χ3v) is 4.44. The molecule has 1 aliphatic rings. The molecule has 0 bridgehead atoms. The predicted molar refractivity (Wildman–Crippen MR) is 83.5 cm³/mol. The molecule has 3 heterocycles. The molecule has 1 amide bonds. The van der Waals surface area contributed by atoms with E-state index < -0.39 is 0 Å². The molecular formula is C16H20ClN3O. The molecule has 1 saturated heterocycles. The molecule has 0 aromatic carbocycles. The van der Waals surface area contributed by atoms with Crippen molar-refractivity contribution in [2.75, 3.05) is 6.54 Å². The van der Waals surface area contributed by atoms with Crippen LogP contribution in [0.15, 0.2) is 24.5 Å². The predicted octanol–water partition coefficient (Wildman–Crippen LogP) is 3.32. The molecule has 1 unspecified atom stereocenters. The van der Waals surface area contributed by atoms with Crippen LogP contribution < -0.4 is 0 Å². The lowest BCUT2D eigenvalue weighted by Gasteiger charge is -2.35. The zero-order valence-electron chi connectivity index (χ0n) is 12.3. The van der Waals surface area contributed by atoms with Crippen LogP contribution in [0.25, 0.3) is 5.65 Å². The molecule has 0 saturated carbocycles. The number of rotatable bonds is 3. The summed E-state index contributed by atoms with van der Waals surface area (Å²) in [5.74, 6) is 0.191. The zero-order chi connectivity index (χ0) is 14.8. The summed E-state index contributed by atoms with van der Waals surface area (Å²) >= 11 is 5.97. The zero-order valence-corrected chi connectivity index (χ0v) is 13.0. The van der Waals surface area contributed by atoms with E-state index in [1.807, 2.05) is 33.8 Å². The van der Waals surface area contributed by atoms with E-state index in [1.54, 1.807) is 0 Å². The van der Waals surface area contributed by atoms with Crippen LogP contribution in [0.1, 0.15) is 38.3 Å². The van der Waals surface area contributed by atoms with Gasteiger partial charge in [0.05, 0.1) is 17.1 Å². The summed E-state index contributed by atoms with van der Waals surface area (Å²) in [5.41, 5.74) is 1.63. The van der Waals surface area contributed by atoms with Gasteiger partial charge in [0.25, 0.3) is 0 Å². The highest BCUT2D eigenvalue weighted by Crippen LogP contribution is 2.20. The Hall–Kier alpha value is -1.55.